The number of aromatic nitrogens is 1. The molecule has 1 aromatic heterocycles. The summed E-state index contributed by atoms with van der Waals surface area (Å²) in [5, 5.41) is 4.69. The molecule has 2 aliphatic rings. The molecular formula is C12H19N3S. The summed E-state index contributed by atoms with van der Waals surface area (Å²) in [6.45, 7) is 6.89. The molecule has 16 heavy (non-hydrogen) atoms. The molecule has 3 heterocycles. The zero-order valence-corrected chi connectivity index (χ0v) is 10.8. The zero-order valence-electron chi connectivity index (χ0n) is 9.99. The summed E-state index contributed by atoms with van der Waals surface area (Å²) in [5.41, 5.74) is 1.39. The Bertz CT molecular complexity index is 384. The Balaban J connectivity index is 1.81. The van der Waals surface area contributed by atoms with Gasteiger partial charge in [-0.05, 0) is 26.9 Å². The minimum Gasteiger partial charge on any atom is -0.315 e. The first-order chi connectivity index (χ1) is 7.74. The second-order valence-electron chi connectivity index (χ2n) is 5.10. The topological polar surface area (TPSA) is 28.2 Å². The van der Waals surface area contributed by atoms with E-state index in [1.807, 2.05) is 11.3 Å². The molecule has 0 radical (unpaired) electrons. The molecular weight excluding hydrogens is 218 g/mol. The van der Waals surface area contributed by atoms with E-state index in [2.05, 4.69) is 24.2 Å². The lowest BCUT2D eigenvalue weighted by Gasteiger charge is -2.24. The molecule has 1 unspecified atom stereocenters. The fourth-order valence-electron chi connectivity index (χ4n) is 2.60. The summed E-state index contributed by atoms with van der Waals surface area (Å²) in [6, 6.07) is 0. The molecule has 0 spiro atoms. The van der Waals surface area contributed by atoms with E-state index in [0.29, 0.717) is 11.8 Å². The Labute approximate surface area is 101 Å². The molecule has 2 aliphatic heterocycles. The van der Waals surface area contributed by atoms with Crippen molar-refractivity contribution in [3.05, 3.63) is 15.6 Å². The Kier molecular flexibility index (Phi) is 2.73. The van der Waals surface area contributed by atoms with Crippen molar-refractivity contribution in [1.82, 2.24) is 15.2 Å². The number of nitrogens with one attached hydrogen (secondary N) is 1. The van der Waals surface area contributed by atoms with Crippen LogP contribution in [0, 0.1) is 6.92 Å². The van der Waals surface area contributed by atoms with Gasteiger partial charge in [0.2, 0.25) is 0 Å². The number of aryl methyl sites for hydroxylation is 1. The molecule has 0 amide bonds. The van der Waals surface area contributed by atoms with Gasteiger partial charge in [0, 0.05) is 36.3 Å². The van der Waals surface area contributed by atoms with Crippen molar-refractivity contribution in [2.24, 2.45) is 0 Å². The smallest absolute Gasteiger partial charge is 0.0987 e. The maximum Gasteiger partial charge on any atom is 0.0987 e. The predicted octanol–water partition coefficient (Wildman–Crippen LogP) is 1.56. The molecule has 2 saturated heterocycles. The molecule has 0 saturated carbocycles. The molecule has 88 valence electrons. The molecule has 2 fully saturated rings. The van der Waals surface area contributed by atoms with E-state index < -0.39 is 0 Å². The number of hydrogen-bond acceptors (Lipinski definition) is 4. The summed E-state index contributed by atoms with van der Waals surface area (Å²) >= 11 is 1.92. The van der Waals surface area contributed by atoms with E-state index in [0.717, 1.165) is 13.1 Å². The Morgan fingerprint density at radius 1 is 1.38 bits per heavy atom. The predicted molar refractivity (Wildman–Crippen MR) is 67.3 cm³/mol. The van der Waals surface area contributed by atoms with Crippen LogP contribution >= 0.6 is 11.3 Å². The minimum atomic E-state index is 0.683. The summed E-state index contributed by atoms with van der Waals surface area (Å²) in [5.74, 6) is 1.37. The van der Waals surface area contributed by atoms with E-state index in [-0.39, 0.29) is 0 Å². The van der Waals surface area contributed by atoms with Gasteiger partial charge in [0.1, 0.15) is 0 Å². The Morgan fingerprint density at radius 2 is 2.19 bits per heavy atom. The van der Waals surface area contributed by atoms with Crippen LogP contribution in [0.5, 0.6) is 0 Å². The summed E-state index contributed by atoms with van der Waals surface area (Å²) in [4.78, 5) is 8.76. The maximum atomic E-state index is 4.90. The van der Waals surface area contributed by atoms with Crippen molar-refractivity contribution in [2.75, 3.05) is 33.2 Å². The highest BCUT2D eigenvalue weighted by Gasteiger charge is 2.28. The van der Waals surface area contributed by atoms with E-state index in [9.17, 15) is 0 Å². The molecule has 0 aromatic carbocycles. The molecule has 1 aromatic rings. The fraction of sp³-hybridized carbons (Fsp3) is 0.750. The number of likely N-dealkylation sites (tertiary alicyclic amines) is 1. The normalized spacial score (nSPS) is 27.2. The molecule has 3 rings (SSSR count). The van der Waals surface area contributed by atoms with Crippen molar-refractivity contribution >= 4 is 11.3 Å². The first-order valence-electron chi connectivity index (χ1n) is 6.10. The largest absolute Gasteiger partial charge is 0.315 e. The van der Waals surface area contributed by atoms with E-state index in [1.54, 1.807) is 0 Å². The molecule has 4 heteroatoms. The van der Waals surface area contributed by atoms with Gasteiger partial charge in [-0.3, -0.25) is 0 Å². The number of thiazole rings is 1. The minimum absolute atomic E-state index is 0.683. The van der Waals surface area contributed by atoms with Gasteiger partial charge >= 0.3 is 0 Å². The third-order valence-corrected chi connectivity index (χ3v) is 4.91. The molecule has 0 aliphatic carbocycles. The van der Waals surface area contributed by atoms with Crippen LogP contribution in [0.15, 0.2) is 0 Å². The van der Waals surface area contributed by atoms with Gasteiger partial charge in [-0.15, -0.1) is 11.3 Å². The highest BCUT2D eigenvalue weighted by atomic mass is 32.1. The monoisotopic (exact) mass is 237 g/mol. The number of hydrogen-bond donors (Lipinski definition) is 1. The van der Waals surface area contributed by atoms with Gasteiger partial charge in [0.05, 0.1) is 10.7 Å². The number of rotatable bonds is 2. The van der Waals surface area contributed by atoms with Crippen molar-refractivity contribution in [3.63, 3.8) is 0 Å². The second-order valence-corrected chi connectivity index (χ2v) is 6.33. The van der Waals surface area contributed by atoms with Gasteiger partial charge in [0.25, 0.3) is 0 Å². The average Bonchev–Trinajstić information content (AvgIpc) is 2.70. The fourth-order valence-corrected chi connectivity index (χ4v) is 3.71. The van der Waals surface area contributed by atoms with Crippen LogP contribution in [-0.2, 0) is 0 Å². The van der Waals surface area contributed by atoms with Crippen LogP contribution in [0.1, 0.15) is 33.8 Å². The molecule has 1 N–H and O–H groups in total. The van der Waals surface area contributed by atoms with Gasteiger partial charge in [-0.1, -0.05) is 0 Å². The highest BCUT2D eigenvalue weighted by Crippen LogP contribution is 2.34. The average molecular weight is 237 g/mol. The molecule has 1 atom stereocenters. The highest BCUT2D eigenvalue weighted by molar-refractivity contribution is 7.11. The summed E-state index contributed by atoms with van der Waals surface area (Å²) < 4.78 is 0. The lowest BCUT2D eigenvalue weighted by atomic mass is 10.0. The standard InChI is InChI=1S/C12H19N3S/c1-8-11(9-3-4-15(2)7-9)14-12(16-8)10-5-13-6-10/h9-10,13H,3-7H2,1-2H3. The maximum absolute atomic E-state index is 4.90. The summed E-state index contributed by atoms with van der Waals surface area (Å²) in [6.07, 6.45) is 1.28. The zero-order chi connectivity index (χ0) is 11.1. The first kappa shape index (κ1) is 10.7. The Hall–Kier alpha value is -0.450. The third kappa shape index (κ3) is 1.79. The first-order valence-corrected chi connectivity index (χ1v) is 6.92. The lowest BCUT2D eigenvalue weighted by Crippen LogP contribution is -2.39. The second kappa shape index (κ2) is 4.09. The van der Waals surface area contributed by atoms with Gasteiger partial charge in [0.15, 0.2) is 0 Å². The van der Waals surface area contributed by atoms with Crippen molar-refractivity contribution in [1.29, 1.82) is 0 Å². The van der Waals surface area contributed by atoms with Gasteiger partial charge in [-0.2, -0.15) is 0 Å². The van der Waals surface area contributed by atoms with Crippen LogP contribution in [0.3, 0.4) is 0 Å². The Morgan fingerprint density at radius 3 is 2.75 bits per heavy atom. The van der Waals surface area contributed by atoms with Crippen LogP contribution < -0.4 is 5.32 Å². The molecule has 3 nitrogen and oxygen atoms in total. The van der Waals surface area contributed by atoms with Crippen molar-refractivity contribution in [3.8, 4) is 0 Å². The van der Waals surface area contributed by atoms with E-state index in [1.165, 1.54) is 35.1 Å². The van der Waals surface area contributed by atoms with Crippen LogP contribution in [0.2, 0.25) is 0 Å². The molecule has 0 bridgehead atoms. The van der Waals surface area contributed by atoms with Crippen LogP contribution in [0.4, 0.5) is 0 Å². The lowest BCUT2D eigenvalue weighted by molar-refractivity contribution is 0.410. The van der Waals surface area contributed by atoms with Gasteiger partial charge < -0.3 is 10.2 Å². The third-order valence-electron chi connectivity index (χ3n) is 3.76. The van der Waals surface area contributed by atoms with Crippen LogP contribution in [0.25, 0.3) is 0 Å². The number of nitrogens with zero attached hydrogens (tertiary/aromatic N) is 2. The van der Waals surface area contributed by atoms with Gasteiger partial charge in [-0.25, -0.2) is 4.98 Å². The van der Waals surface area contributed by atoms with Crippen molar-refractivity contribution in [2.45, 2.75) is 25.2 Å². The SMILES string of the molecule is Cc1sc(C2CNC2)nc1C1CCN(C)C1. The number of likely N-dealkylation sites (N-methyl/N-ethyl adjacent to an activating group) is 1. The van der Waals surface area contributed by atoms with E-state index >= 15 is 0 Å². The van der Waals surface area contributed by atoms with Crippen LogP contribution in [-0.4, -0.2) is 43.1 Å². The quantitative estimate of drug-likeness (QED) is 0.846. The van der Waals surface area contributed by atoms with E-state index in [4.69, 9.17) is 4.98 Å². The van der Waals surface area contributed by atoms with Crippen molar-refractivity contribution < 1.29 is 0 Å². The summed E-state index contributed by atoms with van der Waals surface area (Å²) in [7, 11) is 2.21.